The number of rotatable bonds is 1. The first-order valence-electron chi connectivity index (χ1n) is 9.00. The van der Waals surface area contributed by atoms with E-state index in [1.807, 2.05) is 48.6 Å². The van der Waals surface area contributed by atoms with E-state index in [-0.39, 0.29) is 0 Å². The molecular weight excluding hydrogens is 344 g/mol. The average molecular weight is 364 g/mol. The van der Waals surface area contributed by atoms with E-state index >= 15 is 0 Å². The molecule has 2 N–H and O–H groups in total. The van der Waals surface area contributed by atoms with Gasteiger partial charge >= 0.3 is 0 Å². The van der Waals surface area contributed by atoms with E-state index in [0.29, 0.717) is 0 Å². The maximum atomic E-state index is 4.63. The summed E-state index contributed by atoms with van der Waals surface area (Å²) in [4.78, 5) is 16.0. The molecule has 0 amide bonds. The van der Waals surface area contributed by atoms with Gasteiger partial charge in [-0.15, -0.1) is 0 Å². The Morgan fingerprint density at radius 3 is 1.07 bits per heavy atom. The van der Waals surface area contributed by atoms with Crippen LogP contribution in [0.1, 0.15) is 22.8 Å². The number of nitrogens with one attached hydrogen (secondary N) is 2. The van der Waals surface area contributed by atoms with E-state index in [2.05, 4.69) is 57.4 Å². The largest absolute Gasteiger partial charge is 0.355 e. The zero-order valence-corrected chi connectivity index (χ0v) is 15.4. The van der Waals surface area contributed by atoms with E-state index in [1.54, 1.807) is 12.2 Å². The van der Waals surface area contributed by atoms with Crippen molar-refractivity contribution in [2.45, 2.75) is 0 Å². The summed E-state index contributed by atoms with van der Waals surface area (Å²) in [5.74, 6) is 0. The predicted molar refractivity (Wildman–Crippen MR) is 119 cm³/mol. The minimum Gasteiger partial charge on any atom is -0.355 e. The molecule has 0 unspecified atom stereocenters. The second-order valence-corrected chi connectivity index (χ2v) is 6.38. The van der Waals surface area contributed by atoms with Gasteiger partial charge in [0.05, 0.1) is 22.8 Å². The molecule has 3 aromatic heterocycles. The first-order chi connectivity index (χ1) is 13.7. The molecule has 8 bridgehead atoms. The molecule has 0 fully saturated rings. The van der Waals surface area contributed by atoms with Crippen LogP contribution in [0, 0.1) is 0 Å². The van der Waals surface area contributed by atoms with Gasteiger partial charge in [0, 0.05) is 22.1 Å². The molecule has 0 aromatic carbocycles. The van der Waals surface area contributed by atoms with Crippen molar-refractivity contribution in [1.82, 2.24) is 19.9 Å². The number of allylic oxidation sites excluding steroid dienone is 2. The van der Waals surface area contributed by atoms with Crippen LogP contribution in [-0.4, -0.2) is 19.9 Å². The Balaban J connectivity index is 0.000000442. The fourth-order valence-electron chi connectivity index (χ4n) is 2.94. The molecule has 0 aliphatic carbocycles. The SMILES string of the molecule is C1=Cc2cc3ccc(cc4nc(cc5ccc(cc1n2)[nH]5)C=C4)[nH]3.C=CC=C. The topological polar surface area (TPSA) is 57.4 Å². The molecule has 3 aromatic rings. The lowest BCUT2D eigenvalue weighted by atomic mass is 10.3. The molecule has 4 nitrogen and oxygen atoms in total. The van der Waals surface area contributed by atoms with E-state index in [9.17, 15) is 0 Å². The van der Waals surface area contributed by atoms with Gasteiger partial charge in [-0.3, -0.25) is 0 Å². The second-order valence-electron chi connectivity index (χ2n) is 6.38. The van der Waals surface area contributed by atoms with E-state index in [4.69, 9.17) is 0 Å². The zero-order valence-electron chi connectivity index (χ0n) is 15.4. The summed E-state index contributed by atoms with van der Waals surface area (Å²) < 4.78 is 0. The Hall–Kier alpha value is -3.92. The summed E-state index contributed by atoms with van der Waals surface area (Å²) >= 11 is 0. The van der Waals surface area contributed by atoms with Gasteiger partial charge in [0.1, 0.15) is 0 Å². The van der Waals surface area contributed by atoms with Gasteiger partial charge in [0.15, 0.2) is 0 Å². The summed E-state index contributed by atoms with van der Waals surface area (Å²) in [6, 6.07) is 16.4. The molecule has 0 saturated heterocycles. The number of hydrogen-bond donors (Lipinski definition) is 2. The monoisotopic (exact) mass is 364 g/mol. The van der Waals surface area contributed by atoms with Gasteiger partial charge < -0.3 is 9.97 Å². The summed E-state index contributed by atoms with van der Waals surface area (Å²) in [5, 5.41) is 0. The Kier molecular flexibility index (Phi) is 4.85. The Morgan fingerprint density at radius 1 is 0.536 bits per heavy atom. The van der Waals surface area contributed by atoms with E-state index in [0.717, 1.165) is 44.8 Å². The lowest BCUT2D eigenvalue weighted by Crippen LogP contribution is -1.75. The number of nitrogens with zero attached hydrogens (tertiary/aromatic N) is 2. The van der Waals surface area contributed by atoms with Crippen LogP contribution < -0.4 is 0 Å². The van der Waals surface area contributed by atoms with Crippen molar-refractivity contribution in [2.24, 2.45) is 0 Å². The van der Waals surface area contributed by atoms with Crippen molar-refractivity contribution < 1.29 is 0 Å². The molecule has 0 spiro atoms. The highest BCUT2D eigenvalue weighted by atomic mass is 14.8. The van der Waals surface area contributed by atoms with Crippen LogP contribution in [0.3, 0.4) is 0 Å². The molecule has 28 heavy (non-hydrogen) atoms. The van der Waals surface area contributed by atoms with Gasteiger partial charge in [-0.1, -0.05) is 25.3 Å². The van der Waals surface area contributed by atoms with E-state index in [1.165, 1.54) is 0 Å². The van der Waals surface area contributed by atoms with Crippen molar-refractivity contribution >= 4 is 46.4 Å². The maximum absolute atomic E-state index is 4.63. The molecule has 5 heterocycles. The van der Waals surface area contributed by atoms with Crippen LogP contribution in [-0.2, 0) is 0 Å². The number of H-pyrrole nitrogens is 2. The molecule has 136 valence electrons. The van der Waals surface area contributed by atoms with Gasteiger partial charge in [0.2, 0.25) is 0 Å². The van der Waals surface area contributed by atoms with Gasteiger partial charge in [-0.2, -0.15) is 0 Å². The number of aromatic nitrogens is 4. The summed E-state index contributed by atoms with van der Waals surface area (Å²) in [6.45, 7) is 6.72. The number of aromatic amines is 2. The Morgan fingerprint density at radius 2 is 0.821 bits per heavy atom. The molecule has 4 heteroatoms. The van der Waals surface area contributed by atoms with Gasteiger partial charge in [-0.25, -0.2) is 9.97 Å². The van der Waals surface area contributed by atoms with Crippen molar-refractivity contribution in [3.63, 3.8) is 0 Å². The van der Waals surface area contributed by atoms with Crippen LogP contribution >= 0.6 is 0 Å². The first-order valence-corrected chi connectivity index (χ1v) is 9.00. The fourth-order valence-corrected chi connectivity index (χ4v) is 2.94. The standard InChI is InChI=1S/C20H14N4.C4H6/c1-2-14-10-16-5-6-18(23-16)12-20-8-7-19(24-20)11-17-4-3-15(22-17)9-13(1)21-14;1-3-4-2/h1-12,21,24H;3-4H,1-2H2. The second kappa shape index (κ2) is 7.76. The average Bonchev–Trinajstić information content (AvgIpc) is 3.47. The van der Waals surface area contributed by atoms with Crippen LogP contribution in [0.4, 0.5) is 0 Å². The highest BCUT2D eigenvalue weighted by Crippen LogP contribution is 2.16. The summed E-state index contributed by atoms with van der Waals surface area (Å²) in [6.07, 6.45) is 11.4. The normalized spacial score (nSPS) is 11.6. The van der Waals surface area contributed by atoms with Crippen molar-refractivity contribution in [3.8, 4) is 0 Å². The Labute approximate surface area is 163 Å². The van der Waals surface area contributed by atoms with Gasteiger partial charge in [-0.05, 0) is 72.8 Å². The quantitative estimate of drug-likeness (QED) is 0.358. The third kappa shape index (κ3) is 4.07. The maximum Gasteiger partial charge on any atom is 0.0658 e. The van der Waals surface area contributed by atoms with Crippen molar-refractivity contribution in [3.05, 3.63) is 96.6 Å². The molecule has 0 atom stereocenters. The summed E-state index contributed by atoms with van der Waals surface area (Å²) in [7, 11) is 0. The van der Waals surface area contributed by atoms with Crippen LogP contribution in [0.15, 0.2) is 73.8 Å². The highest BCUT2D eigenvalue weighted by molar-refractivity contribution is 5.77. The summed E-state index contributed by atoms with van der Waals surface area (Å²) in [5.41, 5.74) is 7.86. The predicted octanol–water partition coefficient (Wildman–Crippen LogP) is 6.01. The zero-order chi connectivity index (χ0) is 19.3. The Bertz CT molecular complexity index is 1070. The van der Waals surface area contributed by atoms with Crippen LogP contribution in [0.5, 0.6) is 0 Å². The molecule has 2 aliphatic rings. The molecule has 5 rings (SSSR count). The smallest absolute Gasteiger partial charge is 0.0658 e. The number of fused-ring (bicyclic) bond motifs is 8. The third-order valence-corrected chi connectivity index (χ3v) is 4.21. The minimum absolute atomic E-state index is 0.939. The highest BCUT2D eigenvalue weighted by Gasteiger charge is 2.01. The van der Waals surface area contributed by atoms with Crippen molar-refractivity contribution in [2.75, 3.05) is 0 Å². The minimum atomic E-state index is 0.939. The van der Waals surface area contributed by atoms with Gasteiger partial charge in [0.25, 0.3) is 0 Å². The first kappa shape index (κ1) is 17.5. The molecule has 2 aliphatic heterocycles. The lowest BCUT2D eigenvalue weighted by Gasteiger charge is -1.85. The van der Waals surface area contributed by atoms with Crippen LogP contribution in [0.2, 0.25) is 0 Å². The van der Waals surface area contributed by atoms with E-state index < -0.39 is 0 Å². The molecule has 0 radical (unpaired) electrons. The van der Waals surface area contributed by atoms with Crippen LogP contribution in [0.25, 0.3) is 46.4 Å². The fraction of sp³-hybridized carbons (Fsp3) is 0. The lowest BCUT2D eigenvalue weighted by molar-refractivity contribution is 1.31. The number of hydrogen-bond acceptors (Lipinski definition) is 2. The van der Waals surface area contributed by atoms with Crippen molar-refractivity contribution in [1.29, 1.82) is 0 Å². The molecule has 0 saturated carbocycles. The third-order valence-electron chi connectivity index (χ3n) is 4.21. The molecular formula is C24H20N4.